The van der Waals surface area contributed by atoms with Gasteiger partial charge in [-0.15, -0.1) is 0 Å². The number of para-hydroxylation sites is 1. The summed E-state index contributed by atoms with van der Waals surface area (Å²) in [7, 11) is 1.47. The predicted molar refractivity (Wildman–Crippen MR) is 132 cm³/mol. The fourth-order valence-corrected chi connectivity index (χ4v) is 3.15. The Balaban J connectivity index is 1.70. The van der Waals surface area contributed by atoms with Crippen LogP contribution in [0.5, 0.6) is 11.5 Å². The number of benzene rings is 3. The third kappa shape index (κ3) is 6.24. The molecule has 0 aliphatic heterocycles. The first-order valence-electron chi connectivity index (χ1n) is 10.6. The zero-order valence-corrected chi connectivity index (χ0v) is 19.2. The minimum absolute atomic E-state index is 0.0566. The number of rotatable bonds is 8. The summed E-state index contributed by atoms with van der Waals surface area (Å²) in [4.78, 5) is 24.8. The number of amides is 2. The summed E-state index contributed by atoms with van der Waals surface area (Å²) in [6, 6.07) is 21.5. The second-order valence-electron chi connectivity index (χ2n) is 7.48. The fraction of sp³-hybridized carbons (Fsp3) is 0.148. The van der Waals surface area contributed by atoms with E-state index in [9.17, 15) is 14.9 Å². The minimum atomic E-state index is -0.506. The molecule has 0 bridgehead atoms. The van der Waals surface area contributed by atoms with Crippen LogP contribution in [0.1, 0.15) is 16.7 Å². The summed E-state index contributed by atoms with van der Waals surface area (Å²) in [6.07, 6.45) is 1.47. The Bertz CT molecular complexity index is 1260. The van der Waals surface area contributed by atoms with Crippen molar-refractivity contribution in [2.75, 3.05) is 24.4 Å². The number of hydrogen-bond acceptors (Lipinski definition) is 5. The van der Waals surface area contributed by atoms with Gasteiger partial charge in [0.15, 0.2) is 18.1 Å². The molecule has 34 heavy (non-hydrogen) atoms. The molecular weight excluding hydrogens is 430 g/mol. The average molecular weight is 456 g/mol. The lowest BCUT2D eigenvalue weighted by atomic mass is 10.1. The third-order valence-corrected chi connectivity index (χ3v) is 5.13. The third-order valence-electron chi connectivity index (χ3n) is 5.13. The lowest BCUT2D eigenvalue weighted by molar-refractivity contribution is -0.118. The Labute approximate surface area is 198 Å². The van der Waals surface area contributed by atoms with E-state index < -0.39 is 5.91 Å². The summed E-state index contributed by atoms with van der Waals surface area (Å²) in [5, 5.41) is 15.1. The minimum Gasteiger partial charge on any atom is -0.493 e. The van der Waals surface area contributed by atoms with Crippen molar-refractivity contribution in [3.05, 3.63) is 89.0 Å². The molecule has 0 saturated heterocycles. The van der Waals surface area contributed by atoms with Gasteiger partial charge in [0.2, 0.25) is 0 Å². The highest BCUT2D eigenvalue weighted by Crippen LogP contribution is 2.29. The summed E-state index contributed by atoms with van der Waals surface area (Å²) < 4.78 is 11.0. The van der Waals surface area contributed by atoms with Gasteiger partial charge in [-0.1, -0.05) is 36.4 Å². The number of carbonyl (C=O) groups excluding carboxylic acids is 2. The first-order chi connectivity index (χ1) is 16.4. The summed E-state index contributed by atoms with van der Waals surface area (Å²) in [5.74, 6) is -0.0881. The van der Waals surface area contributed by atoms with Gasteiger partial charge < -0.3 is 20.1 Å². The Morgan fingerprint density at radius 1 is 0.971 bits per heavy atom. The van der Waals surface area contributed by atoms with Crippen LogP contribution in [-0.2, 0) is 9.59 Å². The van der Waals surface area contributed by atoms with Gasteiger partial charge in [-0.3, -0.25) is 9.59 Å². The SMILES string of the molecule is COc1cc(/C=C(\C#N)C(=O)Nc2cccc(C)c2C)ccc1OCC(=O)Nc1ccccc1. The van der Waals surface area contributed by atoms with Crippen molar-refractivity contribution >= 4 is 29.3 Å². The molecule has 3 aromatic carbocycles. The molecule has 0 fully saturated rings. The standard InChI is InChI=1S/C27H25N3O4/c1-18-8-7-11-23(19(18)2)30-27(32)21(16-28)14-20-12-13-24(25(15-20)33-3)34-17-26(31)29-22-9-5-4-6-10-22/h4-15H,17H2,1-3H3,(H,29,31)(H,30,32)/b21-14+. The van der Waals surface area contributed by atoms with Crippen LogP contribution in [0.3, 0.4) is 0 Å². The van der Waals surface area contributed by atoms with Crippen molar-refractivity contribution in [3.63, 3.8) is 0 Å². The molecule has 2 N–H and O–H groups in total. The van der Waals surface area contributed by atoms with E-state index in [1.165, 1.54) is 13.2 Å². The van der Waals surface area contributed by atoms with Crippen molar-refractivity contribution in [2.45, 2.75) is 13.8 Å². The lowest BCUT2D eigenvalue weighted by Gasteiger charge is -2.12. The summed E-state index contributed by atoms with van der Waals surface area (Å²) in [6.45, 7) is 3.65. The van der Waals surface area contributed by atoms with Crippen LogP contribution < -0.4 is 20.1 Å². The van der Waals surface area contributed by atoms with Crippen molar-refractivity contribution in [3.8, 4) is 17.6 Å². The van der Waals surface area contributed by atoms with Gasteiger partial charge in [-0.25, -0.2) is 0 Å². The van der Waals surface area contributed by atoms with E-state index in [0.29, 0.717) is 28.4 Å². The van der Waals surface area contributed by atoms with E-state index in [1.807, 2.05) is 50.2 Å². The zero-order chi connectivity index (χ0) is 24.5. The van der Waals surface area contributed by atoms with Gasteiger partial charge in [0.25, 0.3) is 11.8 Å². The topological polar surface area (TPSA) is 100 Å². The molecule has 3 aromatic rings. The highest BCUT2D eigenvalue weighted by molar-refractivity contribution is 6.10. The highest BCUT2D eigenvalue weighted by Gasteiger charge is 2.13. The maximum Gasteiger partial charge on any atom is 0.266 e. The van der Waals surface area contributed by atoms with Gasteiger partial charge in [-0.05, 0) is 66.9 Å². The van der Waals surface area contributed by atoms with Crippen LogP contribution in [0.4, 0.5) is 11.4 Å². The van der Waals surface area contributed by atoms with Crippen LogP contribution in [-0.4, -0.2) is 25.5 Å². The fourth-order valence-electron chi connectivity index (χ4n) is 3.15. The molecule has 0 heterocycles. The maximum absolute atomic E-state index is 12.7. The molecule has 0 radical (unpaired) electrons. The number of hydrogen-bond donors (Lipinski definition) is 2. The molecule has 0 atom stereocenters. The quantitative estimate of drug-likeness (QED) is 0.373. The molecule has 172 valence electrons. The number of nitriles is 1. The molecule has 2 amide bonds. The molecule has 0 aromatic heterocycles. The van der Waals surface area contributed by atoms with E-state index in [1.54, 1.807) is 36.4 Å². The molecular formula is C27H25N3O4. The summed E-state index contributed by atoms with van der Waals surface area (Å²) >= 11 is 0. The smallest absolute Gasteiger partial charge is 0.266 e. The first kappa shape index (κ1) is 24.1. The Morgan fingerprint density at radius 3 is 2.44 bits per heavy atom. The van der Waals surface area contributed by atoms with Gasteiger partial charge in [0.05, 0.1) is 7.11 Å². The summed E-state index contributed by atoms with van der Waals surface area (Å²) in [5.41, 5.74) is 3.82. The first-order valence-corrected chi connectivity index (χ1v) is 10.6. The van der Waals surface area contributed by atoms with E-state index in [0.717, 1.165) is 11.1 Å². The van der Waals surface area contributed by atoms with E-state index in [-0.39, 0.29) is 18.1 Å². The molecule has 7 heteroatoms. The van der Waals surface area contributed by atoms with E-state index >= 15 is 0 Å². The lowest BCUT2D eigenvalue weighted by Crippen LogP contribution is -2.20. The monoisotopic (exact) mass is 455 g/mol. The number of ether oxygens (including phenoxy) is 2. The average Bonchev–Trinajstić information content (AvgIpc) is 2.84. The molecule has 0 aliphatic rings. The number of carbonyl (C=O) groups is 2. The van der Waals surface area contributed by atoms with Crippen LogP contribution in [0.15, 0.2) is 72.3 Å². The normalized spacial score (nSPS) is 10.7. The largest absolute Gasteiger partial charge is 0.493 e. The zero-order valence-electron chi connectivity index (χ0n) is 19.2. The van der Waals surface area contributed by atoms with Gasteiger partial charge in [0.1, 0.15) is 11.6 Å². The van der Waals surface area contributed by atoms with Crippen LogP contribution >= 0.6 is 0 Å². The molecule has 0 unspecified atom stereocenters. The predicted octanol–water partition coefficient (Wildman–Crippen LogP) is 4.88. The van der Waals surface area contributed by atoms with Crippen molar-refractivity contribution < 1.29 is 19.1 Å². The van der Waals surface area contributed by atoms with Gasteiger partial charge >= 0.3 is 0 Å². The van der Waals surface area contributed by atoms with Gasteiger partial charge in [0, 0.05) is 11.4 Å². The second-order valence-corrected chi connectivity index (χ2v) is 7.48. The molecule has 7 nitrogen and oxygen atoms in total. The van der Waals surface area contributed by atoms with Crippen LogP contribution in [0.2, 0.25) is 0 Å². The van der Waals surface area contributed by atoms with Crippen molar-refractivity contribution in [1.82, 2.24) is 0 Å². The number of methoxy groups -OCH3 is 1. The Hall–Kier alpha value is -4.57. The number of anilines is 2. The molecule has 0 saturated carbocycles. The number of nitrogens with one attached hydrogen (secondary N) is 2. The van der Waals surface area contributed by atoms with Crippen molar-refractivity contribution in [1.29, 1.82) is 5.26 Å². The molecule has 0 aliphatic carbocycles. The van der Waals surface area contributed by atoms with Crippen LogP contribution in [0.25, 0.3) is 6.08 Å². The van der Waals surface area contributed by atoms with E-state index in [2.05, 4.69) is 10.6 Å². The van der Waals surface area contributed by atoms with Crippen LogP contribution in [0, 0.1) is 25.2 Å². The van der Waals surface area contributed by atoms with E-state index in [4.69, 9.17) is 9.47 Å². The molecule has 0 spiro atoms. The van der Waals surface area contributed by atoms with Crippen molar-refractivity contribution in [2.24, 2.45) is 0 Å². The Kier molecular flexibility index (Phi) is 8.03. The maximum atomic E-state index is 12.7. The molecule has 3 rings (SSSR count). The number of nitrogens with zero attached hydrogens (tertiary/aromatic N) is 1. The highest BCUT2D eigenvalue weighted by atomic mass is 16.5. The Morgan fingerprint density at radius 2 is 1.74 bits per heavy atom. The second kappa shape index (κ2) is 11.3. The van der Waals surface area contributed by atoms with Gasteiger partial charge in [-0.2, -0.15) is 5.26 Å². The number of aryl methyl sites for hydroxylation is 1.